The molecule has 0 aliphatic carbocycles. The van der Waals surface area contributed by atoms with Gasteiger partial charge in [-0.2, -0.15) is 0 Å². The van der Waals surface area contributed by atoms with Crippen LogP contribution in [0.5, 0.6) is 17.2 Å². The summed E-state index contributed by atoms with van der Waals surface area (Å²) in [4.78, 5) is 12.2. The van der Waals surface area contributed by atoms with Crippen molar-refractivity contribution in [3.8, 4) is 17.2 Å². The number of benzene rings is 3. The molecule has 0 saturated carbocycles. The fourth-order valence-corrected chi connectivity index (χ4v) is 3.73. The second kappa shape index (κ2) is 10.0. The highest BCUT2D eigenvalue weighted by Crippen LogP contribution is 2.27. The van der Waals surface area contributed by atoms with Gasteiger partial charge in [0.1, 0.15) is 22.1 Å². The number of nitrogens with one attached hydrogen (secondary N) is 1. The Kier molecular flexibility index (Phi) is 7.35. The van der Waals surface area contributed by atoms with Crippen molar-refractivity contribution in [3.05, 3.63) is 77.9 Å². The number of amides is 1. The van der Waals surface area contributed by atoms with Crippen LogP contribution in [0.4, 0.5) is 18.9 Å². The maximum atomic E-state index is 12.5. The molecule has 0 fully saturated rings. The molecule has 0 aromatic heterocycles. The van der Waals surface area contributed by atoms with E-state index < -0.39 is 27.9 Å². The number of hydrogen-bond acceptors (Lipinski definition) is 6. The third-order valence-electron chi connectivity index (χ3n) is 4.55. The van der Waals surface area contributed by atoms with Gasteiger partial charge >= 0.3 is 6.36 Å². The molecule has 180 valence electrons. The van der Waals surface area contributed by atoms with E-state index in [1.54, 1.807) is 24.3 Å². The van der Waals surface area contributed by atoms with E-state index >= 15 is 0 Å². The first-order valence-electron chi connectivity index (χ1n) is 9.83. The molecule has 2 N–H and O–H groups in total. The SMILES string of the molecule is CS(=O)(=O)c1cc(NC(=O)c2ccc(CCOc3ccc(OC(F)(F)F)cc3)cc2)ccc1O. The molecule has 11 heteroatoms. The number of hydrogen-bond donors (Lipinski definition) is 2. The van der Waals surface area contributed by atoms with Crippen LogP contribution in [0.2, 0.25) is 0 Å². The number of ether oxygens (including phenoxy) is 2. The monoisotopic (exact) mass is 495 g/mol. The van der Waals surface area contributed by atoms with Crippen LogP contribution in [-0.2, 0) is 16.3 Å². The van der Waals surface area contributed by atoms with Crippen LogP contribution in [0.25, 0.3) is 0 Å². The number of alkyl halides is 3. The maximum absolute atomic E-state index is 12.5. The minimum Gasteiger partial charge on any atom is -0.507 e. The maximum Gasteiger partial charge on any atom is 0.573 e. The van der Waals surface area contributed by atoms with Crippen molar-refractivity contribution < 1.29 is 41.0 Å². The fourth-order valence-electron chi connectivity index (χ4n) is 2.94. The summed E-state index contributed by atoms with van der Waals surface area (Å²) >= 11 is 0. The molecule has 7 nitrogen and oxygen atoms in total. The average Bonchev–Trinajstić information content (AvgIpc) is 2.75. The first-order valence-corrected chi connectivity index (χ1v) is 11.7. The zero-order valence-corrected chi connectivity index (χ0v) is 18.6. The minimum atomic E-state index is -4.76. The normalized spacial score (nSPS) is 11.6. The molecular formula is C23H20F3NO6S. The molecule has 0 atom stereocenters. The Labute approximate surface area is 193 Å². The van der Waals surface area contributed by atoms with E-state index in [0.717, 1.165) is 24.0 Å². The lowest BCUT2D eigenvalue weighted by Crippen LogP contribution is -2.17. The first kappa shape index (κ1) is 24.9. The third-order valence-corrected chi connectivity index (χ3v) is 5.68. The molecule has 0 saturated heterocycles. The van der Waals surface area contributed by atoms with E-state index in [4.69, 9.17) is 4.74 Å². The number of aromatic hydroxyl groups is 1. The molecule has 3 aromatic carbocycles. The predicted octanol–water partition coefficient (Wildman–Crippen LogP) is 4.57. The van der Waals surface area contributed by atoms with Crippen molar-refractivity contribution in [2.75, 3.05) is 18.2 Å². The van der Waals surface area contributed by atoms with E-state index in [2.05, 4.69) is 10.1 Å². The minimum absolute atomic E-state index is 0.215. The predicted molar refractivity (Wildman–Crippen MR) is 118 cm³/mol. The first-order chi connectivity index (χ1) is 15.9. The van der Waals surface area contributed by atoms with Crippen LogP contribution in [0, 0.1) is 0 Å². The summed E-state index contributed by atoms with van der Waals surface area (Å²) in [7, 11) is -3.67. The Morgan fingerprint density at radius 2 is 1.59 bits per heavy atom. The topological polar surface area (TPSA) is 102 Å². The van der Waals surface area contributed by atoms with Crippen LogP contribution in [-0.4, -0.2) is 38.7 Å². The van der Waals surface area contributed by atoms with Gasteiger partial charge in [-0.05, 0) is 60.2 Å². The Hall–Kier alpha value is -3.73. The van der Waals surface area contributed by atoms with E-state index in [-0.39, 0.29) is 22.9 Å². The Balaban J connectivity index is 1.53. The molecule has 0 radical (unpaired) electrons. The standard InChI is InChI=1S/C23H20F3NO6S/c1-34(30,31)21-14-17(6-11-20(21)28)27-22(29)16-4-2-15(3-5-16)12-13-32-18-7-9-19(10-8-18)33-23(24,25)26/h2-11,14,28H,12-13H2,1H3,(H,27,29). The van der Waals surface area contributed by atoms with Gasteiger partial charge in [0.25, 0.3) is 5.91 Å². The fraction of sp³-hybridized carbons (Fsp3) is 0.174. The molecule has 0 aliphatic heterocycles. The van der Waals surface area contributed by atoms with Crippen LogP contribution < -0.4 is 14.8 Å². The van der Waals surface area contributed by atoms with Crippen LogP contribution in [0.15, 0.2) is 71.6 Å². The molecule has 3 rings (SSSR count). The lowest BCUT2D eigenvalue weighted by Gasteiger charge is -2.10. The number of sulfone groups is 1. The summed E-state index contributed by atoms with van der Waals surface area (Å²) in [6, 6.07) is 15.4. The number of phenols is 1. The molecule has 0 unspecified atom stereocenters. The number of halogens is 3. The summed E-state index contributed by atoms with van der Waals surface area (Å²) < 4.78 is 69.3. The van der Waals surface area contributed by atoms with E-state index in [0.29, 0.717) is 17.7 Å². The van der Waals surface area contributed by atoms with E-state index in [1.807, 2.05) is 0 Å². The lowest BCUT2D eigenvalue weighted by atomic mass is 10.1. The third kappa shape index (κ3) is 7.14. The highest BCUT2D eigenvalue weighted by atomic mass is 32.2. The number of rotatable bonds is 8. The van der Waals surface area contributed by atoms with E-state index in [9.17, 15) is 31.5 Å². The second-order valence-corrected chi connectivity index (χ2v) is 9.21. The highest BCUT2D eigenvalue weighted by Gasteiger charge is 2.31. The quantitative estimate of drug-likeness (QED) is 0.444. The van der Waals surface area contributed by atoms with Gasteiger partial charge in [-0.15, -0.1) is 13.2 Å². The van der Waals surface area contributed by atoms with Gasteiger partial charge in [0, 0.05) is 23.9 Å². The van der Waals surface area contributed by atoms with Crippen molar-refractivity contribution in [1.29, 1.82) is 0 Å². The molecule has 0 bridgehead atoms. The van der Waals surface area contributed by atoms with Crippen LogP contribution >= 0.6 is 0 Å². The largest absolute Gasteiger partial charge is 0.573 e. The van der Waals surface area contributed by atoms with Crippen molar-refractivity contribution >= 4 is 21.4 Å². The van der Waals surface area contributed by atoms with Crippen LogP contribution in [0.1, 0.15) is 15.9 Å². The van der Waals surface area contributed by atoms with Gasteiger partial charge in [-0.3, -0.25) is 4.79 Å². The van der Waals surface area contributed by atoms with Crippen molar-refractivity contribution in [2.45, 2.75) is 17.7 Å². The van der Waals surface area contributed by atoms with Crippen molar-refractivity contribution in [3.63, 3.8) is 0 Å². The molecule has 3 aromatic rings. The van der Waals surface area contributed by atoms with Gasteiger partial charge in [-0.25, -0.2) is 8.42 Å². The summed E-state index contributed by atoms with van der Waals surface area (Å²) in [6.45, 7) is 0.257. The molecular weight excluding hydrogens is 475 g/mol. The molecule has 0 heterocycles. The molecule has 34 heavy (non-hydrogen) atoms. The Morgan fingerprint density at radius 1 is 0.971 bits per heavy atom. The van der Waals surface area contributed by atoms with Gasteiger partial charge in [-0.1, -0.05) is 12.1 Å². The highest BCUT2D eigenvalue weighted by molar-refractivity contribution is 7.90. The van der Waals surface area contributed by atoms with Crippen molar-refractivity contribution in [1.82, 2.24) is 0 Å². The zero-order chi connectivity index (χ0) is 24.9. The zero-order valence-electron chi connectivity index (χ0n) is 17.8. The van der Waals surface area contributed by atoms with Gasteiger partial charge < -0.3 is 19.9 Å². The number of carbonyl (C=O) groups excluding carboxylic acids is 1. The molecule has 0 spiro atoms. The number of anilines is 1. The summed E-state index contributed by atoms with van der Waals surface area (Å²) in [5, 5.41) is 12.3. The van der Waals surface area contributed by atoms with Gasteiger partial charge in [0.2, 0.25) is 0 Å². The summed E-state index contributed by atoms with van der Waals surface area (Å²) in [5.41, 5.74) is 1.41. The average molecular weight is 495 g/mol. The Morgan fingerprint density at radius 3 is 2.18 bits per heavy atom. The summed E-state index contributed by atoms with van der Waals surface area (Å²) in [6.07, 6.45) is -3.32. The summed E-state index contributed by atoms with van der Waals surface area (Å²) in [5.74, 6) is -0.826. The Bertz CT molecular complexity index is 1260. The second-order valence-electron chi connectivity index (χ2n) is 7.22. The van der Waals surface area contributed by atoms with Crippen LogP contribution in [0.3, 0.4) is 0 Å². The van der Waals surface area contributed by atoms with E-state index in [1.165, 1.54) is 30.3 Å². The smallest absolute Gasteiger partial charge is 0.507 e. The molecule has 0 aliphatic rings. The van der Waals surface area contributed by atoms with Crippen molar-refractivity contribution in [2.24, 2.45) is 0 Å². The lowest BCUT2D eigenvalue weighted by molar-refractivity contribution is -0.274. The number of phenolic OH excluding ortho intramolecular Hbond substituents is 1. The van der Waals surface area contributed by atoms with Gasteiger partial charge in [0.05, 0.1) is 6.61 Å². The number of carbonyl (C=O) groups is 1. The molecule has 1 amide bonds. The van der Waals surface area contributed by atoms with Gasteiger partial charge in [0.15, 0.2) is 9.84 Å².